The van der Waals surface area contributed by atoms with Crippen LogP contribution in [0.5, 0.6) is 0 Å². The minimum Gasteiger partial charge on any atom is -0.368 e. The van der Waals surface area contributed by atoms with Gasteiger partial charge in [0.25, 0.3) is 0 Å². The summed E-state index contributed by atoms with van der Waals surface area (Å²) in [5.41, 5.74) is 5.29. The fraction of sp³-hybridized carbons (Fsp3) is 0.889. The number of carbonyl (C=O) groups excluding carboxylic acids is 1. The Morgan fingerprint density at radius 3 is 2.77 bits per heavy atom. The van der Waals surface area contributed by atoms with Crippen molar-refractivity contribution >= 4 is 5.91 Å². The van der Waals surface area contributed by atoms with Crippen LogP contribution in [0.15, 0.2) is 0 Å². The number of nitrogens with two attached hydrogens (primary N) is 1. The number of amides is 1. The molecule has 3 atom stereocenters. The molecule has 2 rings (SSSR count). The molecule has 0 aromatic heterocycles. The van der Waals surface area contributed by atoms with E-state index in [-0.39, 0.29) is 11.9 Å². The second-order valence-electron chi connectivity index (χ2n) is 4.14. The first-order valence-electron chi connectivity index (χ1n) is 4.97. The van der Waals surface area contributed by atoms with Gasteiger partial charge in [0.15, 0.2) is 0 Å². The molecule has 3 N–H and O–H groups in total. The van der Waals surface area contributed by atoms with Gasteiger partial charge in [-0.2, -0.15) is 0 Å². The summed E-state index contributed by atoms with van der Waals surface area (Å²) in [5, 5.41) is 3.38. The molecule has 4 nitrogen and oxygen atoms in total. The van der Waals surface area contributed by atoms with Crippen LogP contribution in [-0.2, 0) is 4.79 Å². The summed E-state index contributed by atoms with van der Waals surface area (Å²) in [4.78, 5) is 13.2. The van der Waals surface area contributed by atoms with Crippen LogP contribution in [0.3, 0.4) is 0 Å². The van der Waals surface area contributed by atoms with Crippen LogP contribution in [0.1, 0.15) is 19.8 Å². The van der Waals surface area contributed by atoms with Crippen molar-refractivity contribution in [2.45, 2.75) is 37.9 Å². The molecule has 0 aliphatic carbocycles. The Kier molecular flexibility index (Phi) is 2.26. The first-order valence-corrected chi connectivity index (χ1v) is 4.97. The summed E-state index contributed by atoms with van der Waals surface area (Å²) in [6.07, 6.45) is 2.09. The fourth-order valence-electron chi connectivity index (χ4n) is 2.31. The Labute approximate surface area is 78.5 Å². The van der Waals surface area contributed by atoms with Crippen LogP contribution >= 0.6 is 0 Å². The Morgan fingerprint density at radius 2 is 2.38 bits per heavy atom. The molecular formula is C9H17N3O. The number of hydrogen-bond acceptors (Lipinski definition) is 3. The lowest BCUT2D eigenvalue weighted by molar-refractivity contribution is -0.129. The van der Waals surface area contributed by atoms with Gasteiger partial charge in [-0.05, 0) is 19.8 Å². The summed E-state index contributed by atoms with van der Waals surface area (Å²) < 4.78 is 0. The number of primary amides is 1. The smallest absolute Gasteiger partial charge is 0.234 e. The van der Waals surface area contributed by atoms with E-state index in [1.807, 2.05) is 0 Å². The third-order valence-corrected chi connectivity index (χ3v) is 3.19. The highest BCUT2D eigenvalue weighted by atomic mass is 16.1. The topological polar surface area (TPSA) is 58.4 Å². The van der Waals surface area contributed by atoms with Gasteiger partial charge in [0.1, 0.15) is 0 Å². The molecule has 4 heteroatoms. The molecule has 0 radical (unpaired) electrons. The normalized spacial score (nSPS) is 40.2. The lowest BCUT2D eigenvalue weighted by Crippen LogP contribution is -2.59. The van der Waals surface area contributed by atoms with Crippen molar-refractivity contribution in [2.75, 3.05) is 13.1 Å². The Morgan fingerprint density at radius 1 is 1.62 bits per heavy atom. The largest absolute Gasteiger partial charge is 0.368 e. The van der Waals surface area contributed by atoms with E-state index in [4.69, 9.17) is 5.73 Å². The Balaban J connectivity index is 1.91. The molecule has 0 bridgehead atoms. The molecule has 2 aliphatic heterocycles. The summed E-state index contributed by atoms with van der Waals surface area (Å²) in [6, 6.07) is 1.12. The molecule has 0 aromatic rings. The molecule has 0 aromatic carbocycles. The van der Waals surface area contributed by atoms with E-state index in [1.54, 1.807) is 0 Å². The van der Waals surface area contributed by atoms with Gasteiger partial charge < -0.3 is 11.1 Å². The second kappa shape index (κ2) is 3.27. The minimum absolute atomic E-state index is 0.0112. The summed E-state index contributed by atoms with van der Waals surface area (Å²) in [6.45, 7) is 4.22. The number of rotatable bonds is 2. The van der Waals surface area contributed by atoms with E-state index < -0.39 is 0 Å². The van der Waals surface area contributed by atoms with Gasteiger partial charge in [0.2, 0.25) is 5.91 Å². The summed E-state index contributed by atoms with van der Waals surface area (Å²) in [5.74, 6) is -0.161. The average Bonchev–Trinajstić information content (AvgIpc) is 2.32. The van der Waals surface area contributed by atoms with Crippen molar-refractivity contribution in [2.24, 2.45) is 5.73 Å². The van der Waals surface area contributed by atoms with Crippen molar-refractivity contribution in [1.82, 2.24) is 10.2 Å². The van der Waals surface area contributed by atoms with Gasteiger partial charge in [-0.15, -0.1) is 0 Å². The van der Waals surface area contributed by atoms with Crippen LogP contribution in [0.25, 0.3) is 0 Å². The predicted octanol–water partition coefficient (Wildman–Crippen LogP) is -0.704. The van der Waals surface area contributed by atoms with E-state index in [2.05, 4.69) is 17.1 Å². The third kappa shape index (κ3) is 1.56. The van der Waals surface area contributed by atoms with E-state index in [9.17, 15) is 4.79 Å². The molecule has 2 fully saturated rings. The van der Waals surface area contributed by atoms with E-state index in [0.717, 1.165) is 25.9 Å². The molecule has 2 heterocycles. The quantitative estimate of drug-likeness (QED) is 0.595. The van der Waals surface area contributed by atoms with Crippen molar-refractivity contribution in [3.63, 3.8) is 0 Å². The zero-order chi connectivity index (χ0) is 9.42. The van der Waals surface area contributed by atoms with Crippen LogP contribution in [0.4, 0.5) is 0 Å². The molecule has 74 valence electrons. The van der Waals surface area contributed by atoms with Gasteiger partial charge in [0.05, 0.1) is 6.04 Å². The lowest BCUT2D eigenvalue weighted by Gasteiger charge is -2.42. The van der Waals surface area contributed by atoms with Crippen LogP contribution in [-0.4, -0.2) is 42.0 Å². The molecule has 13 heavy (non-hydrogen) atoms. The number of carbonyl (C=O) groups is 1. The van der Waals surface area contributed by atoms with E-state index >= 15 is 0 Å². The highest BCUT2D eigenvalue weighted by Gasteiger charge is 2.39. The number of nitrogens with one attached hydrogen (secondary N) is 1. The maximum Gasteiger partial charge on any atom is 0.234 e. The Bertz CT molecular complexity index is 219. The lowest BCUT2D eigenvalue weighted by atomic mass is 9.98. The number of nitrogens with zero attached hydrogens (tertiary/aromatic N) is 1. The van der Waals surface area contributed by atoms with Gasteiger partial charge >= 0.3 is 0 Å². The standard InChI is InChI=1S/C9H17N3O/c1-6-4-7(5-11-6)12-3-2-8(12)9(10)13/h6-8,11H,2-5H2,1H3,(H2,10,13). The average molecular weight is 183 g/mol. The SMILES string of the molecule is CC1CC(N2CCC2C(N)=O)CN1. The minimum atomic E-state index is -0.161. The monoisotopic (exact) mass is 183 g/mol. The number of likely N-dealkylation sites (tertiary alicyclic amines) is 1. The number of hydrogen-bond donors (Lipinski definition) is 2. The van der Waals surface area contributed by atoms with Crippen LogP contribution in [0, 0.1) is 0 Å². The van der Waals surface area contributed by atoms with Crippen molar-refractivity contribution < 1.29 is 4.79 Å². The zero-order valence-corrected chi connectivity index (χ0v) is 7.99. The van der Waals surface area contributed by atoms with Crippen molar-refractivity contribution in [3.8, 4) is 0 Å². The fourth-order valence-corrected chi connectivity index (χ4v) is 2.31. The zero-order valence-electron chi connectivity index (χ0n) is 7.99. The van der Waals surface area contributed by atoms with Gasteiger partial charge in [-0.3, -0.25) is 9.69 Å². The van der Waals surface area contributed by atoms with Gasteiger partial charge in [-0.1, -0.05) is 0 Å². The summed E-state index contributed by atoms with van der Waals surface area (Å²) in [7, 11) is 0. The Hall–Kier alpha value is -0.610. The van der Waals surface area contributed by atoms with Crippen molar-refractivity contribution in [3.05, 3.63) is 0 Å². The van der Waals surface area contributed by atoms with Crippen molar-refractivity contribution in [1.29, 1.82) is 0 Å². The van der Waals surface area contributed by atoms with Crippen LogP contribution < -0.4 is 11.1 Å². The first-order chi connectivity index (χ1) is 6.18. The maximum atomic E-state index is 11.0. The molecule has 0 saturated carbocycles. The van der Waals surface area contributed by atoms with E-state index in [0.29, 0.717) is 12.1 Å². The van der Waals surface area contributed by atoms with E-state index in [1.165, 1.54) is 0 Å². The molecule has 2 saturated heterocycles. The van der Waals surface area contributed by atoms with Crippen LogP contribution in [0.2, 0.25) is 0 Å². The van der Waals surface area contributed by atoms with Gasteiger partial charge in [0, 0.05) is 25.2 Å². The second-order valence-corrected chi connectivity index (χ2v) is 4.14. The summed E-state index contributed by atoms with van der Waals surface area (Å²) >= 11 is 0. The molecular weight excluding hydrogens is 166 g/mol. The highest BCUT2D eigenvalue weighted by molar-refractivity contribution is 5.80. The molecule has 3 unspecified atom stereocenters. The predicted molar refractivity (Wildman–Crippen MR) is 50.2 cm³/mol. The maximum absolute atomic E-state index is 11.0. The first kappa shape index (κ1) is 8.97. The highest BCUT2D eigenvalue weighted by Crippen LogP contribution is 2.24. The van der Waals surface area contributed by atoms with Gasteiger partial charge in [-0.25, -0.2) is 0 Å². The molecule has 1 amide bonds. The molecule has 0 spiro atoms. The third-order valence-electron chi connectivity index (χ3n) is 3.19. The molecule has 2 aliphatic rings.